The number of hydrogen-bond acceptors (Lipinski definition) is 7. The Morgan fingerprint density at radius 3 is 2.56 bits per heavy atom. The van der Waals surface area contributed by atoms with Gasteiger partial charge in [-0.25, -0.2) is 0 Å². The largest absolute Gasteiger partial charge is 0.455 e. The molecule has 12 heteroatoms. The van der Waals surface area contributed by atoms with Gasteiger partial charge in [0.25, 0.3) is 5.91 Å². The number of aliphatic hydroxyl groups excluding tert-OH is 1. The first-order chi connectivity index (χ1) is 23.1. The fourth-order valence-corrected chi connectivity index (χ4v) is 8.53. The molecular weight excluding hydrogens is 702 g/mol. The number of hydrogen-bond donors (Lipinski definition) is 2. The number of likely N-dealkylation sites (tertiary alicyclic amines) is 1. The molecular formula is C36H41BrClN3O7. The van der Waals surface area contributed by atoms with Gasteiger partial charge in [-0.3, -0.25) is 19.2 Å². The summed E-state index contributed by atoms with van der Waals surface area (Å²) in [5, 5.41) is 13.0. The summed E-state index contributed by atoms with van der Waals surface area (Å²) in [5.74, 6) is -3.75. The highest BCUT2D eigenvalue weighted by atomic mass is 79.9. The number of rotatable bonds is 15. The van der Waals surface area contributed by atoms with Crippen molar-refractivity contribution in [2.24, 2.45) is 11.8 Å². The van der Waals surface area contributed by atoms with Gasteiger partial charge in [0.2, 0.25) is 11.8 Å². The Bertz CT molecular complexity index is 1540. The van der Waals surface area contributed by atoms with Gasteiger partial charge in [-0.1, -0.05) is 82.1 Å². The van der Waals surface area contributed by atoms with Crippen LogP contribution in [0.25, 0.3) is 0 Å². The number of carbonyl (C=O) groups is 4. The quantitative estimate of drug-likeness (QED) is 0.154. The third kappa shape index (κ3) is 6.70. The van der Waals surface area contributed by atoms with Crippen LogP contribution in [0.1, 0.15) is 44.3 Å². The second kappa shape index (κ2) is 15.4. The molecule has 0 aliphatic carbocycles. The number of ether oxygens (including phenoxy) is 2. The van der Waals surface area contributed by atoms with E-state index in [1.54, 1.807) is 43.3 Å². The van der Waals surface area contributed by atoms with Gasteiger partial charge in [-0.2, -0.15) is 0 Å². The molecule has 1 unspecified atom stereocenters. The standard InChI is InChI=1S/C36H41BrClN3O7/c1-4-6-17-27(43)39-22(3)30(23-13-8-7-9-14-23)47-35(46)28-29-33(44)41(19-12-20-42)32(36(29)21-24(37)31(28)48-36)34(45)40(18-5-2)26-16-11-10-15-25(26)38/h4-5,7-11,13-16,22,24,28-32,42H,1-2,6,12,17-21H2,3H3,(H,39,43)/t22-,24?,28+,29-,30-,31+,32+,36-/m0/s1. The molecule has 3 aliphatic rings. The lowest BCUT2D eigenvalue weighted by Gasteiger charge is -2.37. The van der Waals surface area contributed by atoms with E-state index in [-0.39, 0.29) is 43.3 Å². The zero-order valence-corrected chi connectivity index (χ0v) is 29.1. The third-order valence-corrected chi connectivity index (χ3v) is 10.5. The van der Waals surface area contributed by atoms with Crippen LogP contribution in [-0.4, -0.2) is 82.0 Å². The molecule has 1 spiro atoms. The Morgan fingerprint density at radius 2 is 1.90 bits per heavy atom. The van der Waals surface area contributed by atoms with Gasteiger partial charge in [-0.05, 0) is 43.9 Å². The molecule has 3 aliphatic heterocycles. The molecule has 10 nitrogen and oxygen atoms in total. The molecule has 48 heavy (non-hydrogen) atoms. The van der Waals surface area contributed by atoms with Gasteiger partial charge < -0.3 is 29.7 Å². The van der Waals surface area contributed by atoms with Gasteiger partial charge >= 0.3 is 5.97 Å². The minimum absolute atomic E-state index is 0.0810. The van der Waals surface area contributed by atoms with Crippen molar-refractivity contribution in [2.45, 2.75) is 67.3 Å². The van der Waals surface area contributed by atoms with Crippen LogP contribution in [0, 0.1) is 11.8 Å². The summed E-state index contributed by atoms with van der Waals surface area (Å²) in [6, 6.07) is 14.3. The van der Waals surface area contributed by atoms with Crippen molar-refractivity contribution in [3.8, 4) is 0 Å². The average molecular weight is 743 g/mol. The lowest BCUT2D eigenvalue weighted by atomic mass is 9.70. The van der Waals surface area contributed by atoms with E-state index in [9.17, 15) is 24.3 Å². The molecule has 2 N–H and O–H groups in total. The maximum absolute atomic E-state index is 14.7. The molecule has 3 saturated heterocycles. The molecule has 2 aromatic rings. The SMILES string of the molecule is C=CCCC(=O)N[C@@H](C)[C@H](OC(=O)[C@H]1[C@@H]2O[C@@]3(CC2Br)[C@@H]1C(=O)N(CCCO)[C@@H]3C(=O)N(CC=C)c1ccccc1Cl)c1ccccc1. The smallest absolute Gasteiger partial charge is 0.313 e. The Labute approximate surface area is 294 Å². The molecule has 2 aromatic carbocycles. The van der Waals surface area contributed by atoms with Crippen LogP contribution >= 0.6 is 27.5 Å². The monoisotopic (exact) mass is 741 g/mol. The first kappa shape index (κ1) is 35.8. The molecule has 256 valence electrons. The predicted octanol–water partition coefficient (Wildman–Crippen LogP) is 4.74. The van der Waals surface area contributed by atoms with E-state index in [2.05, 4.69) is 34.4 Å². The number of aliphatic hydroxyl groups is 1. The number of para-hydroxylation sites is 1. The van der Waals surface area contributed by atoms with Crippen LogP contribution in [-0.2, 0) is 28.7 Å². The van der Waals surface area contributed by atoms with Crippen molar-refractivity contribution in [3.63, 3.8) is 0 Å². The van der Waals surface area contributed by atoms with Gasteiger partial charge in [0, 0.05) is 30.9 Å². The molecule has 3 amide bonds. The number of esters is 1. The van der Waals surface area contributed by atoms with E-state index in [0.29, 0.717) is 29.1 Å². The molecule has 0 saturated carbocycles. The summed E-state index contributed by atoms with van der Waals surface area (Å²) >= 11 is 10.2. The number of halogens is 2. The molecule has 0 radical (unpaired) electrons. The zero-order chi connectivity index (χ0) is 34.6. The Kier molecular flexibility index (Phi) is 11.5. The topological polar surface area (TPSA) is 125 Å². The van der Waals surface area contributed by atoms with Gasteiger partial charge in [0.1, 0.15) is 17.7 Å². The number of amides is 3. The summed E-state index contributed by atoms with van der Waals surface area (Å²) in [6.07, 6.45) is 2.89. The second-order valence-electron chi connectivity index (χ2n) is 12.4. The van der Waals surface area contributed by atoms with Crippen LogP contribution in [0.2, 0.25) is 5.02 Å². The number of carbonyl (C=O) groups excluding carboxylic acids is 4. The van der Waals surface area contributed by atoms with Crippen molar-refractivity contribution in [1.29, 1.82) is 0 Å². The fraction of sp³-hybridized carbons (Fsp3) is 0.444. The van der Waals surface area contributed by atoms with Gasteiger partial charge in [-0.15, -0.1) is 13.2 Å². The van der Waals surface area contributed by atoms with E-state index >= 15 is 0 Å². The van der Waals surface area contributed by atoms with E-state index in [4.69, 9.17) is 21.1 Å². The van der Waals surface area contributed by atoms with Crippen LogP contribution in [0.15, 0.2) is 79.9 Å². The molecule has 3 heterocycles. The van der Waals surface area contributed by atoms with E-state index in [1.807, 2.05) is 30.3 Å². The van der Waals surface area contributed by atoms with Crippen LogP contribution in [0.3, 0.4) is 0 Å². The minimum atomic E-state index is -1.35. The number of alkyl halides is 1. The summed E-state index contributed by atoms with van der Waals surface area (Å²) < 4.78 is 12.9. The first-order valence-electron chi connectivity index (χ1n) is 16.1. The maximum Gasteiger partial charge on any atom is 0.313 e. The van der Waals surface area contributed by atoms with Crippen LogP contribution in [0.5, 0.6) is 0 Å². The molecule has 2 bridgehead atoms. The van der Waals surface area contributed by atoms with Crippen molar-refractivity contribution in [1.82, 2.24) is 10.2 Å². The number of fused-ring (bicyclic) bond motifs is 1. The minimum Gasteiger partial charge on any atom is -0.455 e. The Hall–Kier alpha value is -3.51. The molecule has 5 rings (SSSR count). The maximum atomic E-state index is 14.7. The van der Waals surface area contributed by atoms with Gasteiger partial charge in [0.15, 0.2) is 0 Å². The highest BCUT2D eigenvalue weighted by molar-refractivity contribution is 9.09. The summed E-state index contributed by atoms with van der Waals surface area (Å²) in [4.78, 5) is 58.6. The van der Waals surface area contributed by atoms with E-state index in [0.717, 1.165) is 0 Å². The van der Waals surface area contributed by atoms with Crippen molar-refractivity contribution in [2.75, 3.05) is 24.6 Å². The normalized spacial score (nSPS) is 26.8. The van der Waals surface area contributed by atoms with Crippen LogP contribution in [0.4, 0.5) is 5.69 Å². The number of nitrogens with one attached hydrogen (secondary N) is 1. The lowest BCUT2D eigenvalue weighted by molar-refractivity contribution is -0.162. The predicted molar refractivity (Wildman–Crippen MR) is 185 cm³/mol. The van der Waals surface area contributed by atoms with Crippen molar-refractivity contribution >= 4 is 56.9 Å². The lowest BCUT2D eigenvalue weighted by Crippen LogP contribution is -2.57. The number of nitrogens with zero attached hydrogens (tertiary/aromatic N) is 2. The average Bonchev–Trinajstić information content (AvgIpc) is 3.67. The van der Waals surface area contributed by atoms with E-state index < -0.39 is 59.5 Å². The molecule has 0 aromatic heterocycles. The van der Waals surface area contributed by atoms with Crippen molar-refractivity contribution < 1.29 is 33.8 Å². The first-order valence-corrected chi connectivity index (χ1v) is 17.4. The number of allylic oxidation sites excluding steroid dienone is 1. The third-order valence-electron chi connectivity index (χ3n) is 9.36. The van der Waals surface area contributed by atoms with Crippen molar-refractivity contribution in [3.05, 3.63) is 90.5 Å². The fourth-order valence-electron chi connectivity index (χ4n) is 7.35. The summed E-state index contributed by atoms with van der Waals surface area (Å²) in [5.41, 5.74) is -0.224. The highest BCUT2D eigenvalue weighted by Crippen LogP contribution is 2.60. The Morgan fingerprint density at radius 1 is 1.19 bits per heavy atom. The Balaban J connectivity index is 1.50. The van der Waals surface area contributed by atoms with Gasteiger partial charge in [0.05, 0.1) is 34.7 Å². The molecule has 8 atom stereocenters. The summed E-state index contributed by atoms with van der Waals surface area (Å²) in [6.45, 7) is 9.25. The zero-order valence-electron chi connectivity index (χ0n) is 26.8. The van der Waals surface area contributed by atoms with E-state index in [1.165, 1.54) is 9.80 Å². The summed E-state index contributed by atoms with van der Waals surface area (Å²) in [7, 11) is 0. The molecule has 3 fully saturated rings. The second-order valence-corrected chi connectivity index (χ2v) is 14.0. The number of anilines is 1. The number of benzene rings is 2. The highest BCUT2D eigenvalue weighted by Gasteiger charge is 2.77. The van der Waals surface area contributed by atoms with Crippen LogP contribution < -0.4 is 10.2 Å².